The van der Waals surface area contributed by atoms with Gasteiger partial charge in [0.1, 0.15) is 10.6 Å². The molecular formula is C15H22N4S. The van der Waals surface area contributed by atoms with E-state index in [1.54, 1.807) is 11.3 Å². The lowest BCUT2D eigenvalue weighted by Crippen LogP contribution is -2.27. The minimum atomic E-state index is 0.552. The third-order valence-corrected chi connectivity index (χ3v) is 5.06. The van der Waals surface area contributed by atoms with E-state index in [0.29, 0.717) is 12.0 Å². The Labute approximate surface area is 124 Å². The van der Waals surface area contributed by atoms with E-state index in [2.05, 4.69) is 39.0 Å². The Morgan fingerprint density at radius 3 is 3.05 bits per heavy atom. The van der Waals surface area contributed by atoms with Gasteiger partial charge in [0.05, 0.1) is 5.39 Å². The maximum Gasteiger partial charge on any atom is 0.225 e. The van der Waals surface area contributed by atoms with Crippen LogP contribution in [0.25, 0.3) is 10.2 Å². The Hall–Kier alpha value is -1.36. The molecule has 0 amide bonds. The molecule has 3 rings (SSSR count). The SMILES string of the molecule is CCC1CCCC(Nc2nc(NC)nc3sccc23)C1. The number of nitrogens with zero attached hydrogens (tertiary/aromatic N) is 2. The second-order valence-electron chi connectivity index (χ2n) is 5.57. The average molecular weight is 290 g/mol. The van der Waals surface area contributed by atoms with Crippen LogP contribution in [-0.2, 0) is 0 Å². The van der Waals surface area contributed by atoms with Crippen molar-refractivity contribution in [2.75, 3.05) is 17.7 Å². The molecule has 108 valence electrons. The summed E-state index contributed by atoms with van der Waals surface area (Å²) in [5.74, 6) is 2.55. The van der Waals surface area contributed by atoms with Crippen LogP contribution >= 0.6 is 11.3 Å². The van der Waals surface area contributed by atoms with Crippen molar-refractivity contribution >= 4 is 33.3 Å². The van der Waals surface area contributed by atoms with Crippen molar-refractivity contribution in [3.05, 3.63) is 11.4 Å². The highest BCUT2D eigenvalue weighted by molar-refractivity contribution is 7.16. The van der Waals surface area contributed by atoms with Crippen LogP contribution in [0, 0.1) is 5.92 Å². The lowest BCUT2D eigenvalue weighted by atomic mass is 9.84. The van der Waals surface area contributed by atoms with Gasteiger partial charge in [-0.3, -0.25) is 0 Å². The molecule has 2 N–H and O–H groups in total. The molecule has 20 heavy (non-hydrogen) atoms. The molecule has 2 atom stereocenters. The topological polar surface area (TPSA) is 49.8 Å². The molecule has 1 aliphatic rings. The average Bonchev–Trinajstić information content (AvgIpc) is 2.96. The van der Waals surface area contributed by atoms with E-state index >= 15 is 0 Å². The van der Waals surface area contributed by atoms with Crippen LogP contribution in [0.4, 0.5) is 11.8 Å². The third kappa shape index (κ3) is 2.73. The first-order valence-electron chi connectivity index (χ1n) is 7.49. The Balaban J connectivity index is 1.84. The van der Waals surface area contributed by atoms with Crippen LogP contribution < -0.4 is 10.6 Å². The van der Waals surface area contributed by atoms with Crippen molar-refractivity contribution in [2.24, 2.45) is 5.92 Å². The first-order valence-corrected chi connectivity index (χ1v) is 8.37. The molecule has 2 aromatic heterocycles. The fourth-order valence-electron chi connectivity index (χ4n) is 3.06. The molecule has 0 spiro atoms. The summed E-state index contributed by atoms with van der Waals surface area (Å²) in [4.78, 5) is 10.2. The van der Waals surface area contributed by atoms with Crippen LogP contribution in [0.1, 0.15) is 39.0 Å². The number of nitrogens with one attached hydrogen (secondary N) is 2. The van der Waals surface area contributed by atoms with E-state index < -0.39 is 0 Å². The Morgan fingerprint density at radius 2 is 2.25 bits per heavy atom. The molecule has 0 aromatic carbocycles. The van der Waals surface area contributed by atoms with E-state index in [4.69, 9.17) is 0 Å². The van der Waals surface area contributed by atoms with Gasteiger partial charge in [0.15, 0.2) is 0 Å². The summed E-state index contributed by atoms with van der Waals surface area (Å²) in [6.07, 6.45) is 6.51. The molecule has 0 aliphatic heterocycles. The number of aromatic nitrogens is 2. The maximum absolute atomic E-state index is 4.61. The molecule has 2 heterocycles. The van der Waals surface area contributed by atoms with Gasteiger partial charge in [0.2, 0.25) is 5.95 Å². The summed E-state index contributed by atoms with van der Waals surface area (Å²) in [6, 6.07) is 2.67. The molecule has 2 unspecified atom stereocenters. The van der Waals surface area contributed by atoms with E-state index in [1.165, 1.54) is 32.1 Å². The predicted molar refractivity (Wildman–Crippen MR) is 86.6 cm³/mol. The van der Waals surface area contributed by atoms with Gasteiger partial charge in [-0.15, -0.1) is 11.3 Å². The van der Waals surface area contributed by atoms with E-state index in [9.17, 15) is 0 Å². The first-order chi connectivity index (χ1) is 9.80. The van der Waals surface area contributed by atoms with Gasteiger partial charge in [-0.1, -0.05) is 26.2 Å². The molecule has 0 bridgehead atoms. The summed E-state index contributed by atoms with van der Waals surface area (Å²) in [7, 11) is 1.87. The number of rotatable bonds is 4. The summed E-state index contributed by atoms with van der Waals surface area (Å²) >= 11 is 1.67. The quantitative estimate of drug-likeness (QED) is 0.889. The van der Waals surface area contributed by atoms with E-state index in [-0.39, 0.29) is 0 Å². The standard InChI is InChI=1S/C15H22N4S/c1-3-10-5-4-6-11(9-10)17-13-12-7-8-20-14(12)19-15(16-2)18-13/h7-8,10-11H,3-6,9H2,1-2H3,(H2,16,17,18,19). The summed E-state index contributed by atoms with van der Waals surface area (Å²) in [5.41, 5.74) is 0. The monoisotopic (exact) mass is 290 g/mol. The largest absolute Gasteiger partial charge is 0.367 e. The first kappa shape index (κ1) is 13.6. The highest BCUT2D eigenvalue weighted by Crippen LogP contribution is 2.31. The second kappa shape index (κ2) is 5.95. The Bertz CT molecular complexity index is 580. The van der Waals surface area contributed by atoms with Crippen molar-refractivity contribution < 1.29 is 0 Å². The lowest BCUT2D eigenvalue weighted by Gasteiger charge is -2.29. The van der Waals surface area contributed by atoms with Gasteiger partial charge in [0.25, 0.3) is 0 Å². The predicted octanol–water partition coefficient (Wildman–Crippen LogP) is 4.11. The Kier molecular flexibility index (Phi) is 4.05. The number of anilines is 2. The van der Waals surface area contributed by atoms with E-state index in [0.717, 1.165) is 22.0 Å². The molecule has 1 saturated carbocycles. The van der Waals surface area contributed by atoms with E-state index in [1.807, 2.05) is 7.05 Å². The lowest BCUT2D eigenvalue weighted by molar-refractivity contribution is 0.327. The van der Waals surface area contributed by atoms with Crippen LogP contribution in [0.3, 0.4) is 0 Å². The van der Waals surface area contributed by atoms with Crippen LogP contribution in [0.2, 0.25) is 0 Å². The minimum absolute atomic E-state index is 0.552. The molecule has 4 nitrogen and oxygen atoms in total. The highest BCUT2D eigenvalue weighted by atomic mass is 32.1. The van der Waals surface area contributed by atoms with Gasteiger partial charge in [0, 0.05) is 13.1 Å². The number of thiophene rings is 1. The normalized spacial score (nSPS) is 22.9. The maximum atomic E-state index is 4.61. The van der Waals surface area contributed by atoms with Gasteiger partial charge in [-0.2, -0.15) is 4.98 Å². The summed E-state index contributed by atoms with van der Waals surface area (Å²) in [5, 5.41) is 9.94. The van der Waals surface area contributed by atoms with Crippen molar-refractivity contribution in [1.82, 2.24) is 9.97 Å². The fraction of sp³-hybridized carbons (Fsp3) is 0.600. The van der Waals surface area contributed by atoms with Crippen molar-refractivity contribution in [1.29, 1.82) is 0 Å². The molecule has 1 aliphatic carbocycles. The summed E-state index contributed by atoms with van der Waals surface area (Å²) in [6.45, 7) is 2.30. The Morgan fingerprint density at radius 1 is 1.35 bits per heavy atom. The zero-order chi connectivity index (χ0) is 13.9. The van der Waals surface area contributed by atoms with Gasteiger partial charge >= 0.3 is 0 Å². The molecule has 5 heteroatoms. The third-order valence-electron chi connectivity index (χ3n) is 4.25. The van der Waals surface area contributed by atoms with Crippen LogP contribution in [-0.4, -0.2) is 23.1 Å². The summed E-state index contributed by atoms with van der Waals surface area (Å²) < 4.78 is 0. The molecule has 1 fully saturated rings. The zero-order valence-corrected chi connectivity index (χ0v) is 13.0. The molecule has 0 saturated heterocycles. The van der Waals surface area contributed by atoms with Gasteiger partial charge < -0.3 is 10.6 Å². The smallest absolute Gasteiger partial charge is 0.225 e. The molecule has 2 aromatic rings. The number of hydrogen-bond acceptors (Lipinski definition) is 5. The number of hydrogen-bond donors (Lipinski definition) is 2. The molecular weight excluding hydrogens is 268 g/mol. The second-order valence-corrected chi connectivity index (χ2v) is 6.46. The van der Waals surface area contributed by atoms with Crippen LogP contribution in [0.15, 0.2) is 11.4 Å². The minimum Gasteiger partial charge on any atom is -0.367 e. The van der Waals surface area contributed by atoms with Crippen molar-refractivity contribution in [3.63, 3.8) is 0 Å². The fourth-order valence-corrected chi connectivity index (χ4v) is 3.83. The van der Waals surface area contributed by atoms with Gasteiger partial charge in [-0.05, 0) is 30.2 Å². The van der Waals surface area contributed by atoms with Crippen LogP contribution in [0.5, 0.6) is 0 Å². The van der Waals surface area contributed by atoms with Crippen molar-refractivity contribution in [3.8, 4) is 0 Å². The number of fused-ring (bicyclic) bond motifs is 1. The van der Waals surface area contributed by atoms with Crippen molar-refractivity contribution in [2.45, 2.75) is 45.1 Å². The molecule has 0 radical (unpaired) electrons. The zero-order valence-electron chi connectivity index (χ0n) is 12.1. The van der Waals surface area contributed by atoms with Gasteiger partial charge in [-0.25, -0.2) is 4.98 Å². The highest BCUT2D eigenvalue weighted by Gasteiger charge is 2.22.